The second-order valence-electron chi connectivity index (χ2n) is 7.13. The molecule has 1 aromatic carbocycles. The molecule has 0 bridgehead atoms. The van der Waals surface area contributed by atoms with Gasteiger partial charge in [0.2, 0.25) is 0 Å². The van der Waals surface area contributed by atoms with Crippen LogP contribution in [0.5, 0.6) is 0 Å². The summed E-state index contributed by atoms with van der Waals surface area (Å²) in [6.45, 7) is 8.35. The minimum absolute atomic E-state index is 0.0474. The van der Waals surface area contributed by atoms with Crippen molar-refractivity contribution in [3.05, 3.63) is 35.4 Å². The maximum absolute atomic E-state index is 12.3. The average Bonchev–Trinajstić information content (AvgIpc) is 2.85. The molecule has 122 valence electrons. The predicted molar refractivity (Wildman–Crippen MR) is 86.7 cm³/mol. The highest BCUT2D eigenvalue weighted by atomic mass is 16.6. The molecule has 2 unspecified atom stereocenters. The van der Waals surface area contributed by atoms with Crippen LogP contribution in [-0.4, -0.2) is 34.3 Å². The third kappa shape index (κ3) is 4.47. The van der Waals surface area contributed by atoms with E-state index in [-0.39, 0.29) is 12.1 Å². The Kier molecular flexibility index (Phi) is 5.12. The Morgan fingerprint density at radius 1 is 1.36 bits per heavy atom. The van der Waals surface area contributed by atoms with E-state index in [1.807, 2.05) is 52.0 Å². The van der Waals surface area contributed by atoms with Crippen LogP contribution in [0.3, 0.4) is 0 Å². The number of benzene rings is 1. The molecule has 4 nitrogen and oxygen atoms in total. The SMILES string of the molecule is Cc1ccc(C(O)CC2CCCN2C(=O)OC(C)(C)C)cc1. The molecule has 1 heterocycles. The van der Waals surface area contributed by atoms with E-state index in [4.69, 9.17) is 4.74 Å². The highest BCUT2D eigenvalue weighted by molar-refractivity contribution is 5.68. The topological polar surface area (TPSA) is 49.8 Å². The molecule has 0 spiro atoms. The van der Waals surface area contributed by atoms with Crippen LogP contribution in [0.4, 0.5) is 4.79 Å². The smallest absolute Gasteiger partial charge is 0.410 e. The molecule has 0 aromatic heterocycles. The number of aliphatic hydroxyl groups excluding tert-OH is 1. The number of carbonyl (C=O) groups is 1. The van der Waals surface area contributed by atoms with Crippen molar-refractivity contribution in [1.29, 1.82) is 0 Å². The minimum atomic E-state index is -0.548. The van der Waals surface area contributed by atoms with Gasteiger partial charge in [0.15, 0.2) is 0 Å². The number of amides is 1. The van der Waals surface area contributed by atoms with Crippen LogP contribution < -0.4 is 0 Å². The van der Waals surface area contributed by atoms with Crippen molar-refractivity contribution in [2.24, 2.45) is 0 Å². The van der Waals surface area contributed by atoms with Gasteiger partial charge in [-0.15, -0.1) is 0 Å². The molecule has 1 aromatic rings. The molecule has 0 radical (unpaired) electrons. The van der Waals surface area contributed by atoms with Gasteiger partial charge in [-0.05, 0) is 52.5 Å². The van der Waals surface area contributed by atoms with Gasteiger partial charge in [0.25, 0.3) is 0 Å². The van der Waals surface area contributed by atoms with Crippen LogP contribution >= 0.6 is 0 Å². The van der Waals surface area contributed by atoms with Crippen LogP contribution in [0, 0.1) is 6.92 Å². The summed E-state index contributed by atoms with van der Waals surface area (Å²) in [4.78, 5) is 14.0. The predicted octanol–water partition coefficient (Wildman–Crippen LogP) is 3.82. The van der Waals surface area contributed by atoms with E-state index in [0.29, 0.717) is 13.0 Å². The van der Waals surface area contributed by atoms with Crippen molar-refractivity contribution in [1.82, 2.24) is 4.90 Å². The van der Waals surface area contributed by atoms with E-state index < -0.39 is 11.7 Å². The summed E-state index contributed by atoms with van der Waals surface area (Å²) in [7, 11) is 0. The van der Waals surface area contributed by atoms with Crippen LogP contribution in [-0.2, 0) is 4.74 Å². The lowest BCUT2D eigenvalue weighted by Crippen LogP contribution is -2.40. The number of nitrogens with zero attached hydrogens (tertiary/aromatic N) is 1. The Morgan fingerprint density at radius 2 is 2.00 bits per heavy atom. The summed E-state index contributed by atoms with van der Waals surface area (Å²) in [5.41, 5.74) is 1.59. The molecule has 22 heavy (non-hydrogen) atoms. The number of likely N-dealkylation sites (tertiary alicyclic amines) is 1. The first-order valence-electron chi connectivity index (χ1n) is 8.00. The molecule has 4 heteroatoms. The lowest BCUT2D eigenvalue weighted by Gasteiger charge is -2.29. The highest BCUT2D eigenvalue weighted by Gasteiger charge is 2.33. The van der Waals surface area contributed by atoms with Gasteiger partial charge in [-0.3, -0.25) is 0 Å². The molecule has 2 atom stereocenters. The first-order chi connectivity index (χ1) is 10.3. The lowest BCUT2D eigenvalue weighted by molar-refractivity contribution is 0.0178. The number of aryl methyl sites for hydroxylation is 1. The second-order valence-corrected chi connectivity index (χ2v) is 7.13. The van der Waals surface area contributed by atoms with Gasteiger partial charge in [0.1, 0.15) is 5.60 Å². The van der Waals surface area contributed by atoms with Crippen molar-refractivity contribution >= 4 is 6.09 Å². The largest absolute Gasteiger partial charge is 0.444 e. The Hall–Kier alpha value is -1.55. The Bertz CT molecular complexity index is 504. The number of hydrogen-bond acceptors (Lipinski definition) is 3. The second kappa shape index (κ2) is 6.69. The normalized spacial score (nSPS) is 20.0. The highest BCUT2D eigenvalue weighted by Crippen LogP contribution is 2.28. The molecule has 1 saturated heterocycles. The summed E-state index contributed by atoms with van der Waals surface area (Å²) in [5, 5.41) is 10.4. The van der Waals surface area contributed by atoms with E-state index in [9.17, 15) is 9.90 Å². The third-order valence-corrected chi connectivity index (χ3v) is 3.96. The number of hydrogen-bond donors (Lipinski definition) is 1. The van der Waals surface area contributed by atoms with Crippen molar-refractivity contribution in [3.63, 3.8) is 0 Å². The van der Waals surface area contributed by atoms with E-state index in [1.54, 1.807) is 4.90 Å². The number of carbonyl (C=O) groups excluding carboxylic acids is 1. The summed E-state index contributed by atoms with van der Waals surface area (Å²) >= 11 is 0. The van der Waals surface area contributed by atoms with Crippen molar-refractivity contribution < 1.29 is 14.6 Å². The van der Waals surface area contributed by atoms with Gasteiger partial charge >= 0.3 is 6.09 Å². The van der Waals surface area contributed by atoms with Gasteiger partial charge in [-0.25, -0.2) is 4.79 Å². The number of aliphatic hydroxyl groups is 1. The third-order valence-electron chi connectivity index (χ3n) is 3.96. The van der Waals surface area contributed by atoms with Gasteiger partial charge < -0.3 is 14.7 Å². The fourth-order valence-corrected chi connectivity index (χ4v) is 2.82. The average molecular weight is 305 g/mol. The number of rotatable bonds is 3. The van der Waals surface area contributed by atoms with Gasteiger partial charge in [0, 0.05) is 12.6 Å². The van der Waals surface area contributed by atoms with Gasteiger partial charge in [-0.1, -0.05) is 29.8 Å². The quantitative estimate of drug-likeness (QED) is 0.923. The van der Waals surface area contributed by atoms with E-state index in [2.05, 4.69) is 0 Å². The molecular formula is C18H27NO3. The van der Waals surface area contributed by atoms with Crippen LogP contribution in [0.2, 0.25) is 0 Å². The maximum atomic E-state index is 12.3. The maximum Gasteiger partial charge on any atom is 0.410 e. The monoisotopic (exact) mass is 305 g/mol. The molecule has 1 N–H and O–H groups in total. The Morgan fingerprint density at radius 3 is 2.59 bits per heavy atom. The van der Waals surface area contributed by atoms with Gasteiger partial charge in [0.05, 0.1) is 6.10 Å². The first-order valence-corrected chi connectivity index (χ1v) is 8.00. The molecule has 0 aliphatic carbocycles. The van der Waals surface area contributed by atoms with Crippen molar-refractivity contribution in [2.45, 2.75) is 64.7 Å². The molecule has 1 fully saturated rings. The fourth-order valence-electron chi connectivity index (χ4n) is 2.82. The molecular weight excluding hydrogens is 278 g/mol. The van der Waals surface area contributed by atoms with Crippen molar-refractivity contribution in [2.75, 3.05) is 6.54 Å². The Labute approximate surface area is 133 Å². The lowest BCUT2D eigenvalue weighted by atomic mass is 10.00. The summed E-state index contributed by atoms with van der Waals surface area (Å²) < 4.78 is 5.46. The summed E-state index contributed by atoms with van der Waals surface area (Å²) in [6, 6.07) is 7.95. The zero-order chi connectivity index (χ0) is 16.3. The van der Waals surface area contributed by atoms with Crippen LogP contribution in [0.15, 0.2) is 24.3 Å². The number of ether oxygens (including phenoxy) is 1. The Balaban J connectivity index is 1.98. The molecule has 2 rings (SSSR count). The summed E-state index contributed by atoms with van der Waals surface area (Å²) in [5.74, 6) is 0. The molecule has 0 saturated carbocycles. The molecule has 1 aliphatic rings. The molecule has 1 aliphatic heterocycles. The summed E-state index contributed by atoms with van der Waals surface area (Å²) in [6.07, 6.45) is 1.62. The van der Waals surface area contributed by atoms with Crippen LogP contribution in [0.1, 0.15) is 57.3 Å². The fraction of sp³-hybridized carbons (Fsp3) is 0.611. The van der Waals surface area contributed by atoms with E-state index in [1.165, 1.54) is 5.56 Å². The van der Waals surface area contributed by atoms with Crippen molar-refractivity contribution in [3.8, 4) is 0 Å². The van der Waals surface area contributed by atoms with E-state index >= 15 is 0 Å². The standard InChI is InChI=1S/C18H27NO3/c1-13-7-9-14(10-8-13)16(20)12-15-6-5-11-19(15)17(21)22-18(2,3)4/h7-10,15-16,20H,5-6,11-12H2,1-4H3. The van der Waals surface area contributed by atoms with Gasteiger partial charge in [-0.2, -0.15) is 0 Å². The van der Waals surface area contributed by atoms with Crippen LogP contribution in [0.25, 0.3) is 0 Å². The molecule has 1 amide bonds. The zero-order valence-electron chi connectivity index (χ0n) is 14.0. The first kappa shape index (κ1) is 16.8. The minimum Gasteiger partial charge on any atom is -0.444 e. The zero-order valence-corrected chi connectivity index (χ0v) is 14.0. The van der Waals surface area contributed by atoms with E-state index in [0.717, 1.165) is 18.4 Å².